The molecular formula is C13H27N. The minimum Gasteiger partial charge on any atom is -0.327 e. The first-order chi connectivity index (χ1) is 6.58. The van der Waals surface area contributed by atoms with E-state index in [0.717, 1.165) is 5.92 Å². The molecule has 1 rings (SSSR count). The van der Waals surface area contributed by atoms with Crippen molar-refractivity contribution in [1.29, 1.82) is 0 Å². The van der Waals surface area contributed by atoms with Gasteiger partial charge in [0.1, 0.15) is 0 Å². The van der Waals surface area contributed by atoms with Gasteiger partial charge in [0.25, 0.3) is 0 Å². The molecule has 2 atom stereocenters. The number of rotatable bonds is 5. The first-order valence-electron chi connectivity index (χ1n) is 6.34. The van der Waals surface area contributed by atoms with Crippen molar-refractivity contribution in [1.82, 2.24) is 0 Å². The molecule has 0 aromatic rings. The Morgan fingerprint density at radius 3 is 2.36 bits per heavy atom. The Bertz CT molecular complexity index is 159. The molecule has 0 aliphatic heterocycles. The van der Waals surface area contributed by atoms with Gasteiger partial charge in [-0.3, -0.25) is 0 Å². The van der Waals surface area contributed by atoms with E-state index in [1.54, 1.807) is 0 Å². The van der Waals surface area contributed by atoms with E-state index in [2.05, 4.69) is 20.8 Å². The van der Waals surface area contributed by atoms with Gasteiger partial charge in [-0.1, -0.05) is 46.5 Å². The molecule has 2 N–H and O–H groups in total. The van der Waals surface area contributed by atoms with Gasteiger partial charge in [0, 0.05) is 6.04 Å². The zero-order chi connectivity index (χ0) is 10.6. The molecule has 14 heavy (non-hydrogen) atoms. The van der Waals surface area contributed by atoms with E-state index in [4.69, 9.17) is 5.73 Å². The van der Waals surface area contributed by atoms with E-state index >= 15 is 0 Å². The molecule has 0 heterocycles. The van der Waals surface area contributed by atoms with Crippen molar-refractivity contribution in [3.63, 3.8) is 0 Å². The second-order valence-electron chi connectivity index (χ2n) is 5.60. The molecule has 1 aliphatic rings. The highest BCUT2D eigenvalue weighted by atomic mass is 14.7. The van der Waals surface area contributed by atoms with Gasteiger partial charge >= 0.3 is 0 Å². The molecule has 2 unspecified atom stereocenters. The quantitative estimate of drug-likeness (QED) is 0.714. The summed E-state index contributed by atoms with van der Waals surface area (Å²) in [6.07, 6.45) is 9.36. The summed E-state index contributed by atoms with van der Waals surface area (Å²) in [5, 5.41) is 0. The third-order valence-electron chi connectivity index (χ3n) is 4.08. The van der Waals surface area contributed by atoms with Crippen LogP contribution >= 0.6 is 0 Å². The maximum Gasteiger partial charge on any atom is 0.00954 e. The Morgan fingerprint density at radius 2 is 1.86 bits per heavy atom. The summed E-state index contributed by atoms with van der Waals surface area (Å²) in [4.78, 5) is 0. The van der Waals surface area contributed by atoms with Crippen molar-refractivity contribution in [3.8, 4) is 0 Å². The summed E-state index contributed by atoms with van der Waals surface area (Å²) in [5.41, 5.74) is 6.80. The first-order valence-corrected chi connectivity index (χ1v) is 6.34. The van der Waals surface area contributed by atoms with E-state index < -0.39 is 0 Å². The minimum absolute atomic E-state index is 0.437. The van der Waals surface area contributed by atoms with Crippen molar-refractivity contribution in [3.05, 3.63) is 0 Å². The number of hydrogen-bond acceptors (Lipinski definition) is 1. The highest BCUT2D eigenvalue weighted by Crippen LogP contribution is 2.41. The summed E-state index contributed by atoms with van der Waals surface area (Å²) in [6, 6.07) is 0.437. The summed E-state index contributed by atoms with van der Waals surface area (Å²) in [5.74, 6) is 0.812. The lowest BCUT2D eigenvalue weighted by atomic mass is 9.77. The van der Waals surface area contributed by atoms with Gasteiger partial charge in [0.05, 0.1) is 0 Å². The molecule has 1 aliphatic carbocycles. The third kappa shape index (κ3) is 2.98. The first kappa shape index (κ1) is 12.0. The average molecular weight is 197 g/mol. The van der Waals surface area contributed by atoms with Crippen LogP contribution in [0.25, 0.3) is 0 Å². The molecule has 0 amide bonds. The van der Waals surface area contributed by atoms with Crippen LogP contribution in [0.3, 0.4) is 0 Å². The molecule has 0 radical (unpaired) electrons. The summed E-state index contributed by atoms with van der Waals surface area (Å²) in [7, 11) is 0. The van der Waals surface area contributed by atoms with Gasteiger partial charge in [0.2, 0.25) is 0 Å². The lowest BCUT2D eigenvalue weighted by Gasteiger charge is -2.33. The Morgan fingerprint density at radius 1 is 1.29 bits per heavy atom. The van der Waals surface area contributed by atoms with E-state index in [-0.39, 0.29) is 0 Å². The minimum atomic E-state index is 0.437. The molecule has 1 nitrogen and oxygen atoms in total. The lowest BCUT2D eigenvalue weighted by Crippen LogP contribution is -2.38. The number of hydrogen-bond donors (Lipinski definition) is 1. The molecule has 0 aromatic carbocycles. The van der Waals surface area contributed by atoms with E-state index in [0.29, 0.717) is 11.5 Å². The summed E-state index contributed by atoms with van der Waals surface area (Å²) in [6.45, 7) is 7.00. The van der Waals surface area contributed by atoms with Crippen molar-refractivity contribution >= 4 is 0 Å². The Balaban J connectivity index is 2.36. The van der Waals surface area contributed by atoms with Gasteiger partial charge in [-0.2, -0.15) is 0 Å². The van der Waals surface area contributed by atoms with Crippen molar-refractivity contribution in [2.45, 2.75) is 71.8 Å². The van der Waals surface area contributed by atoms with Crippen LogP contribution in [0.2, 0.25) is 0 Å². The number of nitrogens with two attached hydrogens (primary N) is 1. The predicted octanol–water partition coefficient (Wildman–Crippen LogP) is 3.72. The second kappa shape index (κ2) is 5.16. The van der Waals surface area contributed by atoms with Crippen molar-refractivity contribution < 1.29 is 0 Å². The molecule has 1 fully saturated rings. The normalized spacial score (nSPS) is 24.9. The van der Waals surface area contributed by atoms with Crippen LogP contribution in [0, 0.1) is 11.3 Å². The van der Waals surface area contributed by atoms with Crippen LogP contribution in [0.15, 0.2) is 0 Å². The second-order valence-corrected chi connectivity index (χ2v) is 5.60. The molecule has 1 heteroatoms. The smallest absolute Gasteiger partial charge is 0.00954 e. The molecule has 0 aromatic heterocycles. The van der Waals surface area contributed by atoms with Crippen LogP contribution in [0.5, 0.6) is 0 Å². The van der Waals surface area contributed by atoms with Crippen LogP contribution in [0.4, 0.5) is 0 Å². The summed E-state index contributed by atoms with van der Waals surface area (Å²) >= 11 is 0. The lowest BCUT2D eigenvalue weighted by molar-refractivity contribution is 0.226. The van der Waals surface area contributed by atoms with Crippen LogP contribution < -0.4 is 5.73 Å². The van der Waals surface area contributed by atoms with Crippen LogP contribution in [0.1, 0.15) is 65.7 Å². The zero-order valence-corrected chi connectivity index (χ0v) is 10.2. The van der Waals surface area contributed by atoms with Crippen molar-refractivity contribution in [2.75, 3.05) is 0 Å². The highest BCUT2D eigenvalue weighted by molar-refractivity contribution is 4.90. The van der Waals surface area contributed by atoms with Crippen LogP contribution in [-0.2, 0) is 0 Å². The monoisotopic (exact) mass is 197 g/mol. The van der Waals surface area contributed by atoms with Gasteiger partial charge < -0.3 is 5.73 Å². The molecule has 1 saturated carbocycles. The summed E-state index contributed by atoms with van der Waals surface area (Å²) < 4.78 is 0. The Labute approximate surface area is 89.5 Å². The molecule has 84 valence electrons. The fraction of sp³-hybridized carbons (Fsp3) is 1.00. The van der Waals surface area contributed by atoms with E-state index in [9.17, 15) is 0 Å². The van der Waals surface area contributed by atoms with Gasteiger partial charge in [-0.25, -0.2) is 0 Å². The Hall–Kier alpha value is -0.0400. The predicted molar refractivity (Wildman–Crippen MR) is 63.2 cm³/mol. The fourth-order valence-corrected chi connectivity index (χ4v) is 2.88. The van der Waals surface area contributed by atoms with Crippen LogP contribution in [-0.4, -0.2) is 6.04 Å². The van der Waals surface area contributed by atoms with E-state index in [1.165, 1.54) is 44.9 Å². The maximum atomic E-state index is 6.34. The topological polar surface area (TPSA) is 26.0 Å². The molecule has 0 bridgehead atoms. The maximum absolute atomic E-state index is 6.34. The molecule has 0 saturated heterocycles. The average Bonchev–Trinajstić information content (AvgIpc) is 2.54. The third-order valence-corrected chi connectivity index (χ3v) is 4.08. The SMILES string of the molecule is CCCC(C)CC(N)C1(C)CCCC1. The van der Waals surface area contributed by atoms with Gasteiger partial charge in [-0.15, -0.1) is 0 Å². The molecular weight excluding hydrogens is 170 g/mol. The highest BCUT2D eigenvalue weighted by Gasteiger charge is 2.34. The molecule has 0 spiro atoms. The van der Waals surface area contributed by atoms with E-state index in [1.807, 2.05) is 0 Å². The largest absolute Gasteiger partial charge is 0.327 e. The van der Waals surface area contributed by atoms with Crippen molar-refractivity contribution in [2.24, 2.45) is 17.1 Å². The zero-order valence-electron chi connectivity index (χ0n) is 10.2. The van der Waals surface area contributed by atoms with Gasteiger partial charge in [0.15, 0.2) is 0 Å². The fourth-order valence-electron chi connectivity index (χ4n) is 2.88. The Kier molecular flexibility index (Phi) is 4.43. The standard InChI is InChI=1S/C13H27N/c1-4-7-11(2)10-12(14)13(3)8-5-6-9-13/h11-12H,4-10,14H2,1-3H3. The van der Waals surface area contributed by atoms with Gasteiger partial charge in [-0.05, 0) is 30.6 Å².